The molecule has 0 bridgehead atoms. The molecule has 0 unspecified atom stereocenters. The van der Waals surface area contributed by atoms with Crippen molar-refractivity contribution >= 4 is 11.8 Å². The lowest BCUT2D eigenvalue weighted by molar-refractivity contribution is 0.994. The lowest BCUT2D eigenvalue weighted by Gasteiger charge is -1.99. The minimum absolute atomic E-state index is 0.560. The maximum atomic E-state index is 4.65. The van der Waals surface area contributed by atoms with Crippen LogP contribution in [-0.2, 0) is 6.42 Å². The summed E-state index contributed by atoms with van der Waals surface area (Å²) in [7, 11) is 0. The SMILES string of the molecule is Cc1[nH]c(SC(C)C)nc1Cc1ccccc1. The van der Waals surface area contributed by atoms with Crippen molar-refractivity contribution in [1.29, 1.82) is 0 Å². The molecule has 1 N–H and O–H groups in total. The molecule has 1 heterocycles. The number of hydrogen-bond donors (Lipinski definition) is 1. The molecular weight excluding hydrogens is 228 g/mol. The number of imidazole rings is 1. The Morgan fingerprint density at radius 3 is 2.59 bits per heavy atom. The average Bonchev–Trinajstić information content (AvgIpc) is 2.59. The predicted octanol–water partition coefficient (Wildman–Crippen LogP) is 3.81. The summed E-state index contributed by atoms with van der Waals surface area (Å²) in [4.78, 5) is 8.00. The van der Waals surface area contributed by atoms with Crippen LogP contribution in [0.5, 0.6) is 0 Å². The van der Waals surface area contributed by atoms with Gasteiger partial charge in [-0.15, -0.1) is 0 Å². The van der Waals surface area contributed by atoms with Gasteiger partial charge in [0, 0.05) is 17.4 Å². The average molecular weight is 246 g/mol. The first-order valence-corrected chi connectivity index (χ1v) is 6.79. The monoisotopic (exact) mass is 246 g/mol. The van der Waals surface area contributed by atoms with Crippen molar-refractivity contribution in [2.75, 3.05) is 0 Å². The van der Waals surface area contributed by atoms with Crippen LogP contribution in [0.1, 0.15) is 30.8 Å². The number of thioether (sulfide) groups is 1. The van der Waals surface area contributed by atoms with E-state index in [1.165, 1.54) is 11.3 Å². The third-order valence-corrected chi connectivity index (χ3v) is 3.41. The summed E-state index contributed by atoms with van der Waals surface area (Å²) >= 11 is 1.78. The number of benzene rings is 1. The standard InChI is InChI=1S/C14H18N2S/c1-10(2)17-14-15-11(3)13(16-14)9-12-7-5-4-6-8-12/h4-8,10H,9H2,1-3H3,(H,15,16). The highest BCUT2D eigenvalue weighted by molar-refractivity contribution is 7.99. The van der Waals surface area contributed by atoms with E-state index >= 15 is 0 Å². The van der Waals surface area contributed by atoms with E-state index in [0.717, 1.165) is 17.3 Å². The Balaban J connectivity index is 2.14. The lowest BCUT2D eigenvalue weighted by atomic mass is 10.1. The van der Waals surface area contributed by atoms with Crippen LogP contribution in [0.2, 0.25) is 0 Å². The van der Waals surface area contributed by atoms with Crippen LogP contribution in [0.15, 0.2) is 35.5 Å². The number of nitrogens with zero attached hydrogens (tertiary/aromatic N) is 1. The van der Waals surface area contributed by atoms with Gasteiger partial charge in [-0.05, 0) is 12.5 Å². The predicted molar refractivity (Wildman–Crippen MR) is 73.6 cm³/mol. The first kappa shape index (κ1) is 12.2. The van der Waals surface area contributed by atoms with Gasteiger partial charge in [-0.3, -0.25) is 0 Å². The molecule has 0 amide bonds. The summed E-state index contributed by atoms with van der Waals surface area (Å²) in [5.74, 6) is 0. The first-order valence-electron chi connectivity index (χ1n) is 5.91. The number of aromatic amines is 1. The number of hydrogen-bond acceptors (Lipinski definition) is 2. The molecule has 0 saturated carbocycles. The maximum absolute atomic E-state index is 4.65. The molecule has 0 saturated heterocycles. The third kappa shape index (κ3) is 3.37. The van der Waals surface area contributed by atoms with Crippen LogP contribution >= 0.6 is 11.8 Å². The fourth-order valence-corrected chi connectivity index (χ4v) is 2.53. The van der Waals surface area contributed by atoms with Crippen molar-refractivity contribution in [3.8, 4) is 0 Å². The highest BCUT2D eigenvalue weighted by Crippen LogP contribution is 2.22. The second kappa shape index (κ2) is 5.41. The Morgan fingerprint density at radius 2 is 1.94 bits per heavy atom. The molecule has 0 aliphatic carbocycles. The van der Waals surface area contributed by atoms with E-state index < -0.39 is 0 Å². The second-order valence-corrected chi connectivity index (χ2v) is 6.01. The molecule has 0 aliphatic rings. The Kier molecular flexibility index (Phi) is 3.89. The third-order valence-electron chi connectivity index (χ3n) is 2.53. The number of aryl methyl sites for hydroxylation is 1. The summed E-state index contributed by atoms with van der Waals surface area (Å²) in [6.45, 7) is 6.45. The van der Waals surface area contributed by atoms with Crippen LogP contribution < -0.4 is 0 Å². The fourth-order valence-electron chi connectivity index (χ4n) is 1.71. The van der Waals surface area contributed by atoms with Gasteiger partial charge >= 0.3 is 0 Å². The summed E-state index contributed by atoms with van der Waals surface area (Å²) < 4.78 is 0. The van der Waals surface area contributed by atoms with E-state index in [9.17, 15) is 0 Å². The van der Waals surface area contributed by atoms with Crippen LogP contribution in [0, 0.1) is 6.92 Å². The molecule has 0 aliphatic heterocycles. The molecule has 1 aromatic carbocycles. The summed E-state index contributed by atoms with van der Waals surface area (Å²) in [6.07, 6.45) is 0.905. The van der Waals surface area contributed by atoms with Crippen molar-refractivity contribution in [3.63, 3.8) is 0 Å². The Bertz CT molecular complexity index is 474. The largest absolute Gasteiger partial charge is 0.337 e. The van der Waals surface area contributed by atoms with Gasteiger partial charge in [-0.2, -0.15) is 0 Å². The van der Waals surface area contributed by atoms with E-state index in [1.807, 2.05) is 6.07 Å². The van der Waals surface area contributed by atoms with Crippen LogP contribution in [0.25, 0.3) is 0 Å². The van der Waals surface area contributed by atoms with Crippen molar-refractivity contribution < 1.29 is 0 Å². The summed E-state index contributed by atoms with van der Waals surface area (Å²) in [5.41, 5.74) is 3.64. The molecule has 90 valence electrons. The minimum atomic E-state index is 0.560. The van der Waals surface area contributed by atoms with E-state index in [4.69, 9.17) is 0 Å². The van der Waals surface area contributed by atoms with Gasteiger partial charge in [0.15, 0.2) is 5.16 Å². The molecule has 0 radical (unpaired) electrons. The zero-order valence-corrected chi connectivity index (χ0v) is 11.3. The van der Waals surface area contributed by atoms with E-state index in [2.05, 4.69) is 55.0 Å². The van der Waals surface area contributed by atoms with E-state index in [1.54, 1.807) is 11.8 Å². The highest BCUT2D eigenvalue weighted by Gasteiger charge is 2.08. The number of rotatable bonds is 4. The molecule has 3 heteroatoms. The van der Waals surface area contributed by atoms with Gasteiger partial charge in [0.1, 0.15) is 0 Å². The van der Waals surface area contributed by atoms with Crippen molar-refractivity contribution in [1.82, 2.24) is 9.97 Å². The normalized spacial score (nSPS) is 11.1. The molecule has 2 nitrogen and oxygen atoms in total. The van der Waals surface area contributed by atoms with Gasteiger partial charge in [0.25, 0.3) is 0 Å². The van der Waals surface area contributed by atoms with Crippen molar-refractivity contribution in [2.24, 2.45) is 0 Å². The maximum Gasteiger partial charge on any atom is 0.166 e. The van der Waals surface area contributed by atoms with Crippen molar-refractivity contribution in [3.05, 3.63) is 47.3 Å². The van der Waals surface area contributed by atoms with Crippen LogP contribution in [0.3, 0.4) is 0 Å². The zero-order valence-electron chi connectivity index (χ0n) is 10.5. The van der Waals surface area contributed by atoms with Gasteiger partial charge in [-0.25, -0.2) is 4.98 Å². The molecule has 0 fully saturated rings. The number of aromatic nitrogens is 2. The van der Waals surface area contributed by atoms with Crippen LogP contribution in [-0.4, -0.2) is 15.2 Å². The Hall–Kier alpha value is -1.22. The van der Waals surface area contributed by atoms with E-state index in [0.29, 0.717) is 5.25 Å². The zero-order chi connectivity index (χ0) is 12.3. The molecule has 0 spiro atoms. The molecular formula is C14H18N2S. The molecule has 1 aromatic heterocycles. The smallest absolute Gasteiger partial charge is 0.166 e. The molecule has 17 heavy (non-hydrogen) atoms. The van der Waals surface area contributed by atoms with Crippen molar-refractivity contribution in [2.45, 2.75) is 37.6 Å². The van der Waals surface area contributed by atoms with Crippen LogP contribution in [0.4, 0.5) is 0 Å². The quantitative estimate of drug-likeness (QED) is 0.831. The Labute approximate surface area is 107 Å². The molecule has 0 atom stereocenters. The number of H-pyrrole nitrogens is 1. The van der Waals surface area contributed by atoms with Gasteiger partial charge < -0.3 is 4.98 Å². The van der Waals surface area contributed by atoms with E-state index in [-0.39, 0.29) is 0 Å². The lowest BCUT2D eigenvalue weighted by Crippen LogP contribution is -1.91. The van der Waals surface area contributed by atoms with Gasteiger partial charge in [0.05, 0.1) is 5.69 Å². The van der Waals surface area contributed by atoms with Gasteiger partial charge in [-0.1, -0.05) is 55.9 Å². The first-order chi connectivity index (χ1) is 8.15. The Morgan fingerprint density at radius 1 is 1.24 bits per heavy atom. The topological polar surface area (TPSA) is 28.7 Å². The minimum Gasteiger partial charge on any atom is -0.337 e. The summed E-state index contributed by atoms with van der Waals surface area (Å²) in [5, 5.41) is 1.59. The molecule has 2 aromatic rings. The van der Waals surface area contributed by atoms with Gasteiger partial charge in [0.2, 0.25) is 0 Å². The highest BCUT2D eigenvalue weighted by atomic mass is 32.2. The molecule has 2 rings (SSSR count). The fraction of sp³-hybridized carbons (Fsp3) is 0.357. The number of nitrogens with one attached hydrogen (secondary N) is 1. The summed E-state index contributed by atoms with van der Waals surface area (Å²) in [6, 6.07) is 10.5. The second-order valence-electron chi connectivity index (χ2n) is 4.44.